The van der Waals surface area contributed by atoms with Gasteiger partial charge < -0.3 is 4.74 Å². The molecule has 0 aromatic heterocycles. The lowest BCUT2D eigenvalue weighted by Gasteiger charge is -2.34. The van der Waals surface area contributed by atoms with E-state index in [1.165, 1.54) is 23.3 Å². The third-order valence-corrected chi connectivity index (χ3v) is 5.40. The van der Waals surface area contributed by atoms with Crippen LogP contribution in [0, 0.1) is 5.92 Å². The van der Waals surface area contributed by atoms with Crippen molar-refractivity contribution < 1.29 is 4.74 Å². The van der Waals surface area contributed by atoms with E-state index in [1.54, 1.807) is 11.8 Å². The summed E-state index contributed by atoms with van der Waals surface area (Å²) in [7, 11) is 0. The minimum Gasteiger partial charge on any atom is -0.380 e. The van der Waals surface area contributed by atoms with Gasteiger partial charge in [0, 0.05) is 50.8 Å². The monoisotopic (exact) mass is 350 g/mol. The summed E-state index contributed by atoms with van der Waals surface area (Å²) in [5.74, 6) is 0.790. The molecule has 1 aliphatic heterocycles. The van der Waals surface area contributed by atoms with Gasteiger partial charge in [0.05, 0.1) is 6.61 Å². The summed E-state index contributed by atoms with van der Waals surface area (Å²) in [5.41, 5.74) is 1.43. The molecule has 1 fully saturated rings. The summed E-state index contributed by atoms with van der Waals surface area (Å²) < 4.78 is 5.77. The van der Waals surface area contributed by atoms with Crippen molar-refractivity contribution in [3.05, 3.63) is 29.8 Å². The lowest BCUT2D eigenvalue weighted by atomic mass is 10.1. The molecule has 1 aromatic rings. The van der Waals surface area contributed by atoms with Crippen LogP contribution in [0.3, 0.4) is 0 Å². The Labute approximate surface area is 152 Å². The van der Waals surface area contributed by atoms with Crippen molar-refractivity contribution in [2.45, 2.75) is 38.1 Å². The first-order chi connectivity index (χ1) is 11.7. The van der Waals surface area contributed by atoms with E-state index in [0.29, 0.717) is 0 Å². The molecule has 1 aliphatic rings. The average molecular weight is 351 g/mol. The third-order valence-electron chi connectivity index (χ3n) is 4.65. The van der Waals surface area contributed by atoms with Crippen LogP contribution in [0.2, 0.25) is 0 Å². The highest BCUT2D eigenvalue weighted by atomic mass is 32.2. The molecule has 0 saturated carbocycles. The molecule has 0 atom stereocenters. The highest BCUT2D eigenvalue weighted by Crippen LogP contribution is 2.16. The Hall–Kier alpha value is -0.550. The Balaban J connectivity index is 1.56. The Morgan fingerprint density at radius 3 is 2.29 bits per heavy atom. The van der Waals surface area contributed by atoms with Gasteiger partial charge in [0.1, 0.15) is 0 Å². The fourth-order valence-electron chi connectivity index (χ4n) is 3.05. The van der Waals surface area contributed by atoms with Crippen LogP contribution in [-0.2, 0) is 11.3 Å². The van der Waals surface area contributed by atoms with Crippen molar-refractivity contribution in [2.24, 2.45) is 5.92 Å². The van der Waals surface area contributed by atoms with Crippen LogP contribution in [-0.4, -0.2) is 62.0 Å². The van der Waals surface area contributed by atoms with Crippen molar-refractivity contribution in [2.75, 3.05) is 52.2 Å². The second-order valence-corrected chi connectivity index (χ2v) is 7.99. The third kappa shape index (κ3) is 7.56. The van der Waals surface area contributed by atoms with Crippen LogP contribution in [0.5, 0.6) is 0 Å². The predicted molar refractivity (Wildman–Crippen MR) is 105 cm³/mol. The second-order valence-electron chi connectivity index (χ2n) is 7.11. The van der Waals surface area contributed by atoms with Crippen molar-refractivity contribution in [1.29, 1.82) is 0 Å². The summed E-state index contributed by atoms with van der Waals surface area (Å²) >= 11 is 1.81. The summed E-state index contributed by atoms with van der Waals surface area (Å²) in [5, 5.41) is 0. The van der Waals surface area contributed by atoms with E-state index in [1.807, 2.05) is 0 Å². The SMILES string of the molecule is CSc1ccc(CN2CCN(CCOCCCC(C)C)CC2)cc1. The molecular formula is C20H34N2OS. The first-order valence-electron chi connectivity index (χ1n) is 9.32. The number of piperazine rings is 1. The van der Waals surface area contributed by atoms with Crippen LogP contribution in [0.25, 0.3) is 0 Å². The zero-order valence-corrected chi connectivity index (χ0v) is 16.5. The predicted octanol–water partition coefficient (Wildman–Crippen LogP) is 3.98. The fourth-order valence-corrected chi connectivity index (χ4v) is 3.46. The average Bonchev–Trinajstić information content (AvgIpc) is 2.60. The molecule has 0 N–H and O–H groups in total. The van der Waals surface area contributed by atoms with Gasteiger partial charge in [-0.1, -0.05) is 26.0 Å². The second kappa shape index (κ2) is 11.1. The maximum Gasteiger partial charge on any atom is 0.0593 e. The Morgan fingerprint density at radius 1 is 1.00 bits per heavy atom. The number of hydrogen-bond acceptors (Lipinski definition) is 4. The maximum absolute atomic E-state index is 5.77. The van der Waals surface area contributed by atoms with E-state index in [-0.39, 0.29) is 0 Å². The molecule has 0 bridgehead atoms. The van der Waals surface area contributed by atoms with Crippen LogP contribution in [0.1, 0.15) is 32.3 Å². The topological polar surface area (TPSA) is 15.7 Å². The van der Waals surface area contributed by atoms with Gasteiger partial charge in [0.25, 0.3) is 0 Å². The van der Waals surface area contributed by atoms with Crippen LogP contribution < -0.4 is 0 Å². The summed E-state index contributed by atoms with van der Waals surface area (Å²) in [6.07, 6.45) is 4.60. The molecule has 0 unspecified atom stereocenters. The van der Waals surface area contributed by atoms with E-state index < -0.39 is 0 Å². The van der Waals surface area contributed by atoms with Gasteiger partial charge in [-0.05, 0) is 42.7 Å². The molecule has 1 aromatic carbocycles. The molecule has 0 amide bonds. The van der Waals surface area contributed by atoms with E-state index in [4.69, 9.17) is 4.74 Å². The maximum atomic E-state index is 5.77. The molecule has 1 heterocycles. The Kier molecular flexibility index (Phi) is 9.18. The van der Waals surface area contributed by atoms with Crippen molar-refractivity contribution in [3.8, 4) is 0 Å². The highest BCUT2D eigenvalue weighted by Gasteiger charge is 2.16. The number of benzene rings is 1. The molecule has 136 valence electrons. The standard InChI is InChI=1S/C20H34N2OS/c1-18(2)5-4-15-23-16-14-21-10-12-22(13-11-21)17-19-6-8-20(24-3)9-7-19/h6-9,18H,4-5,10-17H2,1-3H3. The van der Waals surface area contributed by atoms with Crippen molar-refractivity contribution in [1.82, 2.24) is 9.80 Å². The number of ether oxygens (including phenoxy) is 1. The normalized spacial score (nSPS) is 16.8. The van der Waals surface area contributed by atoms with Gasteiger partial charge in [-0.25, -0.2) is 0 Å². The van der Waals surface area contributed by atoms with Gasteiger partial charge >= 0.3 is 0 Å². The summed E-state index contributed by atoms with van der Waals surface area (Å²) in [4.78, 5) is 6.45. The van der Waals surface area contributed by atoms with Crippen molar-refractivity contribution in [3.63, 3.8) is 0 Å². The molecule has 0 aliphatic carbocycles. The zero-order chi connectivity index (χ0) is 17.2. The smallest absolute Gasteiger partial charge is 0.0593 e. The molecule has 3 nitrogen and oxygen atoms in total. The first-order valence-corrected chi connectivity index (χ1v) is 10.5. The minimum atomic E-state index is 0.790. The number of hydrogen-bond donors (Lipinski definition) is 0. The molecule has 0 spiro atoms. The van der Waals surface area contributed by atoms with E-state index in [9.17, 15) is 0 Å². The lowest BCUT2D eigenvalue weighted by molar-refractivity contribution is 0.0713. The van der Waals surface area contributed by atoms with E-state index in [2.05, 4.69) is 54.2 Å². The van der Waals surface area contributed by atoms with Gasteiger partial charge in [0.2, 0.25) is 0 Å². The first kappa shape index (κ1) is 19.8. The molecule has 1 saturated heterocycles. The molecular weight excluding hydrogens is 316 g/mol. The van der Waals surface area contributed by atoms with Crippen LogP contribution in [0.4, 0.5) is 0 Å². The van der Waals surface area contributed by atoms with E-state index in [0.717, 1.165) is 58.4 Å². The van der Waals surface area contributed by atoms with Gasteiger partial charge in [0.15, 0.2) is 0 Å². The van der Waals surface area contributed by atoms with E-state index >= 15 is 0 Å². The number of thioether (sulfide) groups is 1. The summed E-state index contributed by atoms with van der Waals surface area (Å²) in [6.45, 7) is 13.2. The van der Waals surface area contributed by atoms with Crippen LogP contribution in [0.15, 0.2) is 29.2 Å². The highest BCUT2D eigenvalue weighted by molar-refractivity contribution is 7.98. The number of rotatable bonds is 10. The number of nitrogens with zero attached hydrogens (tertiary/aromatic N) is 2. The molecule has 0 radical (unpaired) electrons. The van der Waals surface area contributed by atoms with Crippen molar-refractivity contribution >= 4 is 11.8 Å². The zero-order valence-electron chi connectivity index (χ0n) is 15.7. The largest absolute Gasteiger partial charge is 0.380 e. The minimum absolute atomic E-state index is 0.790. The van der Waals surface area contributed by atoms with Gasteiger partial charge in [-0.3, -0.25) is 9.80 Å². The Morgan fingerprint density at radius 2 is 1.67 bits per heavy atom. The lowest BCUT2D eigenvalue weighted by Crippen LogP contribution is -2.46. The van der Waals surface area contributed by atoms with Crippen LogP contribution >= 0.6 is 11.8 Å². The summed E-state index contributed by atoms with van der Waals surface area (Å²) in [6, 6.07) is 8.99. The van der Waals surface area contributed by atoms with Gasteiger partial charge in [-0.15, -0.1) is 11.8 Å². The molecule has 24 heavy (non-hydrogen) atoms. The Bertz CT molecular complexity index is 441. The molecule has 4 heteroatoms. The fraction of sp³-hybridized carbons (Fsp3) is 0.700. The quantitative estimate of drug-likeness (QED) is 0.468. The molecule has 2 rings (SSSR count). The van der Waals surface area contributed by atoms with Gasteiger partial charge in [-0.2, -0.15) is 0 Å².